The number of nitrogens with zero attached hydrogens (tertiary/aromatic N) is 2. The Hall–Kier alpha value is -0.670. The van der Waals surface area contributed by atoms with E-state index in [1.54, 1.807) is 0 Å². The van der Waals surface area contributed by atoms with E-state index >= 15 is 0 Å². The van der Waals surface area contributed by atoms with Crippen LogP contribution in [0.25, 0.3) is 0 Å². The van der Waals surface area contributed by atoms with Crippen molar-refractivity contribution in [3.05, 3.63) is 12.2 Å². The van der Waals surface area contributed by atoms with Gasteiger partial charge in [-0.05, 0) is 33.1 Å². The van der Waals surface area contributed by atoms with Crippen LogP contribution in [0.5, 0.6) is 0 Å². The minimum atomic E-state index is -0.316. The average Bonchev–Trinajstić information content (AvgIpc) is 3.00. The standard InChI is InChI=1S/C21H41N2O/c1-4-6-7-8-9-10-11-12-13-14-15-16-17-21-22-18-19-23(21,5-2)20(3)24/h4,6,20,24H,5,7-19H2,1-3H3/q+1/b6-4+. The van der Waals surface area contributed by atoms with Crippen molar-refractivity contribution in [2.24, 2.45) is 4.99 Å². The van der Waals surface area contributed by atoms with Crippen molar-refractivity contribution in [3.63, 3.8) is 0 Å². The van der Waals surface area contributed by atoms with Gasteiger partial charge in [0.2, 0.25) is 5.84 Å². The van der Waals surface area contributed by atoms with E-state index < -0.39 is 0 Å². The monoisotopic (exact) mass is 337 g/mol. The fourth-order valence-corrected chi connectivity index (χ4v) is 3.89. The molecule has 0 spiro atoms. The molecule has 0 radical (unpaired) electrons. The van der Waals surface area contributed by atoms with Gasteiger partial charge in [-0.2, -0.15) is 0 Å². The van der Waals surface area contributed by atoms with Crippen molar-refractivity contribution in [1.29, 1.82) is 0 Å². The molecule has 0 aromatic heterocycles. The third-order valence-corrected chi connectivity index (χ3v) is 5.59. The van der Waals surface area contributed by atoms with E-state index in [4.69, 9.17) is 4.99 Å². The Kier molecular flexibility index (Phi) is 11.3. The summed E-state index contributed by atoms with van der Waals surface area (Å²) in [5.74, 6) is 1.24. The van der Waals surface area contributed by atoms with Crippen LogP contribution >= 0.6 is 0 Å². The van der Waals surface area contributed by atoms with Crippen LogP contribution in [0.15, 0.2) is 17.1 Å². The molecule has 140 valence electrons. The molecule has 1 aliphatic rings. The molecule has 1 aliphatic heterocycles. The number of quaternary nitrogens is 1. The maximum absolute atomic E-state index is 10.2. The molecule has 0 aromatic rings. The van der Waals surface area contributed by atoms with Gasteiger partial charge in [0.15, 0.2) is 6.23 Å². The summed E-state index contributed by atoms with van der Waals surface area (Å²) in [6, 6.07) is 0. The molecular weight excluding hydrogens is 296 g/mol. The van der Waals surface area contributed by atoms with Gasteiger partial charge in [-0.3, -0.25) is 4.48 Å². The Labute approximate surface area is 150 Å². The predicted molar refractivity (Wildman–Crippen MR) is 105 cm³/mol. The molecule has 0 fully saturated rings. The summed E-state index contributed by atoms with van der Waals surface area (Å²) >= 11 is 0. The number of allylic oxidation sites excluding steroid dienone is 2. The number of amidine groups is 1. The van der Waals surface area contributed by atoms with Crippen molar-refractivity contribution >= 4 is 5.84 Å². The van der Waals surface area contributed by atoms with Crippen LogP contribution in [-0.4, -0.2) is 41.3 Å². The Morgan fingerprint density at radius 2 is 1.62 bits per heavy atom. The second kappa shape index (κ2) is 12.7. The van der Waals surface area contributed by atoms with Crippen LogP contribution < -0.4 is 0 Å². The number of hydrogen-bond acceptors (Lipinski definition) is 2. The largest absolute Gasteiger partial charge is 0.345 e. The molecule has 1 N–H and O–H groups in total. The first kappa shape index (κ1) is 21.4. The molecule has 2 atom stereocenters. The molecule has 3 heteroatoms. The molecule has 1 heterocycles. The number of unbranched alkanes of at least 4 members (excludes halogenated alkanes) is 9. The maximum Gasteiger partial charge on any atom is 0.200 e. The zero-order valence-electron chi connectivity index (χ0n) is 16.5. The van der Waals surface area contributed by atoms with E-state index in [1.807, 2.05) is 6.92 Å². The van der Waals surface area contributed by atoms with E-state index in [-0.39, 0.29) is 6.23 Å². The van der Waals surface area contributed by atoms with E-state index in [0.717, 1.165) is 26.1 Å². The van der Waals surface area contributed by atoms with Gasteiger partial charge in [-0.15, -0.1) is 0 Å². The Morgan fingerprint density at radius 1 is 1.04 bits per heavy atom. The third-order valence-electron chi connectivity index (χ3n) is 5.59. The molecule has 3 nitrogen and oxygen atoms in total. The minimum Gasteiger partial charge on any atom is -0.345 e. The zero-order chi connectivity index (χ0) is 17.7. The van der Waals surface area contributed by atoms with Crippen molar-refractivity contribution in [3.8, 4) is 0 Å². The lowest BCUT2D eigenvalue weighted by molar-refractivity contribution is -0.882. The van der Waals surface area contributed by atoms with Crippen LogP contribution in [0.4, 0.5) is 0 Å². The first-order chi connectivity index (χ1) is 11.7. The second-order valence-electron chi connectivity index (χ2n) is 7.29. The summed E-state index contributed by atoms with van der Waals surface area (Å²) in [5.41, 5.74) is 0. The highest BCUT2D eigenvalue weighted by Crippen LogP contribution is 2.23. The van der Waals surface area contributed by atoms with Gasteiger partial charge < -0.3 is 5.11 Å². The molecule has 0 aromatic carbocycles. The molecule has 1 rings (SSSR count). The number of aliphatic imine (C=N–C) groups is 1. The Bertz CT molecular complexity index is 376. The number of aliphatic hydroxyl groups is 1. The summed E-state index contributed by atoms with van der Waals surface area (Å²) in [7, 11) is 0. The highest BCUT2D eigenvalue weighted by molar-refractivity contribution is 5.76. The van der Waals surface area contributed by atoms with Crippen molar-refractivity contribution in [2.45, 2.75) is 97.6 Å². The number of rotatable bonds is 14. The number of likely N-dealkylation sites (N-methyl/N-ethyl adjacent to an activating group) is 1. The Morgan fingerprint density at radius 3 is 2.17 bits per heavy atom. The summed E-state index contributed by atoms with van der Waals surface area (Å²) < 4.78 is 0.715. The lowest BCUT2D eigenvalue weighted by atomic mass is 10.0. The summed E-state index contributed by atoms with van der Waals surface area (Å²) in [5, 5.41) is 10.2. The Balaban J connectivity index is 2.01. The van der Waals surface area contributed by atoms with Crippen LogP contribution in [0.3, 0.4) is 0 Å². The number of hydrogen-bond donors (Lipinski definition) is 1. The van der Waals surface area contributed by atoms with Crippen LogP contribution in [0.2, 0.25) is 0 Å². The molecule has 0 amide bonds. The van der Waals surface area contributed by atoms with Crippen molar-refractivity contribution in [1.82, 2.24) is 0 Å². The van der Waals surface area contributed by atoms with Gasteiger partial charge in [0.1, 0.15) is 6.54 Å². The molecule has 0 saturated heterocycles. The molecule has 24 heavy (non-hydrogen) atoms. The molecule has 0 saturated carbocycles. The molecule has 0 aliphatic carbocycles. The van der Waals surface area contributed by atoms with Crippen LogP contribution in [0.1, 0.15) is 91.4 Å². The topological polar surface area (TPSA) is 32.6 Å². The van der Waals surface area contributed by atoms with Gasteiger partial charge in [-0.25, -0.2) is 4.99 Å². The van der Waals surface area contributed by atoms with Gasteiger partial charge in [0.05, 0.1) is 13.1 Å². The van der Waals surface area contributed by atoms with Crippen molar-refractivity contribution in [2.75, 3.05) is 19.6 Å². The normalized spacial score (nSPS) is 22.2. The number of aliphatic hydroxyl groups excluding tert-OH is 1. The maximum atomic E-state index is 10.2. The van der Waals surface area contributed by atoms with Crippen LogP contribution in [0, 0.1) is 0 Å². The lowest BCUT2D eigenvalue weighted by Gasteiger charge is -2.36. The van der Waals surface area contributed by atoms with Crippen molar-refractivity contribution < 1.29 is 9.59 Å². The second-order valence-corrected chi connectivity index (χ2v) is 7.29. The molecular formula is C21H41N2O+. The highest BCUT2D eigenvalue weighted by Gasteiger charge is 2.40. The van der Waals surface area contributed by atoms with Crippen LogP contribution in [-0.2, 0) is 0 Å². The molecule has 0 bridgehead atoms. The summed E-state index contributed by atoms with van der Waals surface area (Å²) in [6.45, 7) is 9.03. The predicted octanol–water partition coefficient (Wildman–Crippen LogP) is 5.44. The van der Waals surface area contributed by atoms with Gasteiger partial charge in [-0.1, -0.05) is 57.1 Å². The lowest BCUT2D eigenvalue weighted by Crippen LogP contribution is -2.56. The zero-order valence-corrected chi connectivity index (χ0v) is 16.5. The smallest absolute Gasteiger partial charge is 0.200 e. The first-order valence-corrected chi connectivity index (χ1v) is 10.4. The summed E-state index contributed by atoms with van der Waals surface area (Å²) in [6.07, 6.45) is 18.7. The fourth-order valence-electron chi connectivity index (χ4n) is 3.89. The van der Waals surface area contributed by atoms with Gasteiger partial charge >= 0.3 is 0 Å². The minimum absolute atomic E-state index is 0.316. The summed E-state index contributed by atoms with van der Waals surface area (Å²) in [4.78, 5) is 4.69. The third kappa shape index (κ3) is 7.06. The highest BCUT2D eigenvalue weighted by atomic mass is 16.3. The first-order valence-electron chi connectivity index (χ1n) is 10.4. The van der Waals surface area contributed by atoms with E-state index in [2.05, 4.69) is 26.0 Å². The fraction of sp³-hybridized carbons (Fsp3) is 0.857. The van der Waals surface area contributed by atoms with E-state index in [0.29, 0.717) is 4.48 Å². The van der Waals surface area contributed by atoms with Gasteiger partial charge in [0, 0.05) is 13.3 Å². The van der Waals surface area contributed by atoms with E-state index in [1.165, 1.54) is 70.0 Å². The SMILES string of the molecule is C/C=C/CCCCCCCCCCCC1=NCC[N+]1(CC)C(C)O. The quantitative estimate of drug-likeness (QED) is 0.255. The average molecular weight is 338 g/mol. The van der Waals surface area contributed by atoms with E-state index in [9.17, 15) is 5.11 Å². The molecule has 2 unspecified atom stereocenters. The van der Waals surface area contributed by atoms with Gasteiger partial charge in [0.25, 0.3) is 0 Å².